The van der Waals surface area contributed by atoms with E-state index in [-0.39, 0.29) is 10.5 Å². The fourth-order valence-electron chi connectivity index (χ4n) is 4.11. The SMILES string of the molecule is COC(=O)c1cccc(S(=O)(=O)Nc2ccccc2CN(C)C2CCCCC2)c1C. The molecule has 1 N–H and O–H groups in total. The number of methoxy groups -OCH3 is 1. The van der Waals surface area contributed by atoms with Gasteiger partial charge in [0, 0.05) is 12.6 Å². The number of rotatable bonds is 7. The molecule has 0 aromatic heterocycles. The fourth-order valence-corrected chi connectivity index (χ4v) is 5.48. The summed E-state index contributed by atoms with van der Waals surface area (Å²) >= 11 is 0. The van der Waals surface area contributed by atoms with Crippen LogP contribution in [0.3, 0.4) is 0 Å². The Morgan fingerprint density at radius 3 is 2.50 bits per heavy atom. The molecule has 0 aliphatic heterocycles. The van der Waals surface area contributed by atoms with Crippen molar-refractivity contribution in [1.29, 1.82) is 0 Å². The Labute approximate surface area is 179 Å². The molecule has 162 valence electrons. The molecule has 7 heteroatoms. The van der Waals surface area contributed by atoms with Gasteiger partial charge in [0.1, 0.15) is 0 Å². The third kappa shape index (κ3) is 5.02. The van der Waals surface area contributed by atoms with Gasteiger partial charge in [-0.25, -0.2) is 13.2 Å². The van der Waals surface area contributed by atoms with Gasteiger partial charge in [-0.1, -0.05) is 43.5 Å². The van der Waals surface area contributed by atoms with Crippen LogP contribution in [0.15, 0.2) is 47.4 Å². The minimum atomic E-state index is -3.87. The molecule has 1 aliphatic rings. The van der Waals surface area contributed by atoms with E-state index in [1.807, 2.05) is 18.2 Å². The van der Waals surface area contributed by atoms with Gasteiger partial charge in [-0.05, 0) is 56.1 Å². The molecule has 0 amide bonds. The van der Waals surface area contributed by atoms with Crippen LogP contribution < -0.4 is 4.72 Å². The van der Waals surface area contributed by atoms with Crippen molar-refractivity contribution < 1.29 is 17.9 Å². The molecule has 0 saturated heterocycles. The Morgan fingerprint density at radius 1 is 1.10 bits per heavy atom. The third-order valence-corrected chi connectivity index (χ3v) is 7.37. The Bertz CT molecular complexity index is 998. The van der Waals surface area contributed by atoms with Crippen LogP contribution in [0.2, 0.25) is 0 Å². The van der Waals surface area contributed by atoms with Gasteiger partial charge in [0.05, 0.1) is 23.3 Å². The van der Waals surface area contributed by atoms with Crippen molar-refractivity contribution in [3.63, 3.8) is 0 Å². The van der Waals surface area contributed by atoms with Gasteiger partial charge in [-0.2, -0.15) is 0 Å². The number of anilines is 1. The number of ether oxygens (including phenoxy) is 1. The number of esters is 1. The maximum absolute atomic E-state index is 13.1. The largest absolute Gasteiger partial charge is 0.465 e. The van der Waals surface area contributed by atoms with E-state index in [0.717, 1.165) is 5.56 Å². The molecular formula is C23H30N2O4S. The van der Waals surface area contributed by atoms with E-state index in [1.165, 1.54) is 45.3 Å². The van der Waals surface area contributed by atoms with Gasteiger partial charge in [0.25, 0.3) is 10.0 Å². The van der Waals surface area contributed by atoms with Crippen molar-refractivity contribution in [2.75, 3.05) is 18.9 Å². The number of hydrogen-bond acceptors (Lipinski definition) is 5. The lowest BCUT2D eigenvalue weighted by Gasteiger charge is -2.31. The summed E-state index contributed by atoms with van der Waals surface area (Å²) in [6, 6.07) is 12.6. The van der Waals surface area contributed by atoms with Crippen LogP contribution in [0.1, 0.15) is 53.6 Å². The maximum Gasteiger partial charge on any atom is 0.338 e. The summed E-state index contributed by atoms with van der Waals surface area (Å²) in [5, 5.41) is 0. The van der Waals surface area contributed by atoms with Crippen LogP contribution >= 0.6 is 0 Å². The van der Waals surface area contributed by atoms with E-state index in [9.17, 15) is 13.2 Å². The van der Waals surface area contributed by atoms with Crippen molar-refractivity contribution in [3.8, 4) is 0 Å². The Hall–Kier alpha value is -2.38. The number of hydrogen-bond donors (Lipinski definition) is 1. The van der Waals surface area contributed by atoms with E-state index in [0.29, 0.717) is 23.8 Å². The quantitative estimate of drug-likeness (QED) is 0.661. The summed E-state index contributed by atoms with van der Waals surface area (Å²) in [7, 11) is -0.487. The lowest BCUT2D eigenvalue weighted by Crippen LogP contribution is -2.33. The van der Waals surface area contributed by atoms with Gasteiger partial charge >= 0.3 is 5.97 Å². The zero-order chi connectivity index (χ0) is 21.7. The molecule has 3 rings (SSSR count). The van der Waals surface area contributed by atoms with Crippen LogP contribution in [0.5, 0.6) is 0 Å². The number of nitrogens with one attached hydrogen (secondary N) is 1. The van der Waals surface area contributed by atoms with Crippen LogP contribution in [-0.2, 0) is 21.3 Å². The molecule has 30 heavy (non-hydrogen) atoms. The molecule has 0 unspecified atom stereocenters. The normalized spacial score (nSPS) is 15.2. The molecule has 0 bridgehead atoms. The summed E-state index contributed by atoms with van der Waals surface area (Å²) < 4.78 is 33.8. The first-order valence-electron chi connectivity index (χ1n) is 10.3. The molecule has 1 saturated carbocycles. The molecule has 0 radical (unpaired) electrons. The van der Waals surface area contributed by atoms with Crippen LogP contribution in [-0.4, -0.2) is 39.5 Å². The second-order valence-electron chi connectivity index (χ2n) is 7.89. The highest BCUT2D eigenvalue weighted by Gasteiger charge is 2.23. The zero-order valence-corrected chi connectivity index (χ0v) is 18.7. The first-order valence-corrected chi connectivity index (χ1v) is 11.8. The first kappa shape index (κ1) is 22.3. The molecule has 0 heterocycles. The molecule has 1 fully saturated rings. The average Bonchev–Trinajstić information content (AvgIpc) is 2.75. The smallest absolute Gasteiger partial charge is 0.338 e. The van der Waals surface area contributed by atoms with E-state index < -0.39 is 16.0 Å². The summed E-state index contributed by atoms with van der Waals surface area (Å²) in [5.74, 6) is -0.556. The number of carbonyl (C=O) groups excluding carboxylic acids is 1. The minimum absolute atomic E-state index is 0.0702. The van der Waals surface area contributed by atoms with Gasteiger partial charge in [-0.15, -0.1) is 0 Å². The zero-order valence-electron chi connectivity index (χ0n) is 17.8. The highest BCUT2D eigenvalue weighted by Crippen LogP contribution is 2.27. The highest BCUT2D eigenvalue weighted by molar-refractivity contribution is 7.92. The van der Waals surface area contributed by atoms with Gasteiger partial charge < -0.3 is 4.74 Å². The molecular weight excluding hydrogens is 400 g/mol. The first-order chi connectivity index (χ1) is 14.3. The van der Waals surface area contributed by atoms with E-state index in [2.05, 4.69) is 16.7 Å². The van der Waals surface area contributed by atoms with Gasteiger partial charge in [0.2, 0.25) is 0 Å². The van der Waals surface area contributed by atoms with Crippen LogP contribution in [0.4, 0.5) is 5.69 Å². The van der Waals surface area contributed by atoms with Crippen molar-refractivity contribution in [1.82, 2.24) is 4.90 Å². The maximum atomic E-state index is 13.1. The molecule has 2 aromatic rings. The third-order valence-electron chi connectivity index (χ3n) is 5.86. The molecule has 0 atom stereocenters. The number of nitrogens with zero attached hydrogens (tertiary/aromatic N) is 1. The van der Waals surface area contributed by atoms with E-state index in [4.69, 9.17) is 4.74 Å². The van der Waals surface area contributed by atoms with Crippen molar-refractivity contribution >= 4 is 21.7 Å². The van der Waals surface area contributed by atoms with Crippen molar-refractivity contribution in [3.05, 3.63) is 59.2 Å². The highest BCUT2D eigenvalue weighted by atomic mass is 32.2. The van der Waals surface area contributed by atoms with Gasteiger partial charge in [-0.3, -0.25) is 9.62 Å². The minimum Gasteiger partial charge on any atom is -0.465 e. The molecule has 1 aliphatic carbocycles. The lowest BCUT2D eigenvalue weighted by molar-refractivity contribution is 0.0599. The summed E-state index contributed by atoms with van der Waals surface area (Å²) in [6.45, 7) is 2.29. The standard InChI is InChI=1S/C23H30N2O4S/c1-17-20(23(26)29-3)13-9-15-22(17)30(27,28)24-21-14-8-7-10-18(21)16-25(2)19-11-5-4-6-12-19/h7-10,13-15,19,24H,4-6,11-12,16H2,1-3H3. The van der Waals surface area contributed by atoms with Crippen LogP contribution in [0.25, 0.3) is 0 Å². The summed E-state index contributed by atoms with van der Waals surface area (Å²) in [5.41, 5.74) is 2.10. The topological polar surface area (TPSA) is 75.7 Å². The number of benzene rings is 2. The number of para-hydroxylation sites is 1. The monoisotopic (exact) mass is 430 g/mol. The van der Waals surface area contributed by atoms with Crippen LogP contribution in [0, 0.1) is 6.92 Å². The van der Waals surface area contributed by atoms with E-state index >= 15 is 0 Å². The Kier molecular flexibility index (Phi) is 7.15. The summed E-state index contributed by atoms with van der Waals surface area (Å²) in [4.78, 5) is 14.3. The average molecular weight is 431 g/mol. The predicted molar refractivity (Wildman–Crippen MR) is 118 cm³/mol. The molecule has 0 spiro atoms. The number of carbonyl (C=O) groups is 1. The summed E-state index contributed by atoms with van der Waals surface area (Å²) in [6.07, 6.45) is 6.16. The van der Waals surface area contributed by atoms with Gasteiger partial charge in [0.15, 0.2) is 0 Å². The second kappa shape index (κ2) is 9.62. The predicted octanol–water partition coefficient (Wildman–Crippen LogP) is 4.35. The Morgan fingerprint density at radius 2 is 1.80 bits per heavy atom. The molecule has 2 aromatic carbocycles. The number of sulfonamides is 1. The fraction of sp³-hybridized carbons (Fsp3) is 0.435. The van der Waals surface area contributed by atoms with Crippen molar-refractivity contribution in [2.24, 2.45) is 0 Å². The lowest BCUT2D eigenvalue weighted by atomic mass is 9.94. The second-order valence-corrected chi connectivity index (χ2v) is 9.54. The molecule has 6 nitrogen and oxygen atoms in total. The van der Waals surface area contributed by atoms with Crippen molar-refractivity contribution in [2.45, 2.75) is 56.5 Å². The van der Waals surface area contributed by atoms with E-state index in [1.54, 1.807) is 25.1 Å². The Balaban J connectivity index is 1.85.